The lowest BCUT2D eigenvalue weighted by atomic mass is 10.1. The van der Waals surface area contributed by atoms with Crippen LogP contribution in [0, 0.1) is 24.0 Å². The molecule has 1 heterocycles. The third-order valence-corrected chi connectivity index (χ3v) is 7.60. The first kappa shape index (κ1) is 22.5. The Morgan fingerprint density at radius 3 is 2.29 bits per heavy atom. The van der Waals surface area contributed by atoms with Crippen molar-refractivity contribution in [2.45, 2.75) is 39.1 Å². The average molecular weight is 426 g/mol. The molecule has 1 aromatic carbocycles. The number of sulfonamides is 1. The van der Waals surface area contributed by atoms with Crippen LogP contribution in [0.15, 0.2) is 34.5 Å². The second-order valence-electron chi connectivity index (χ2n) is 6.61. The first-order valence-electron chi connectivity index (χ1n) is 9.21. The van der Waals surface area contributed by atoms with Gasteiger partial charge >= 0.3 is 0 Å². The minimum atomic E-state index is -4.03. The van der Waals surface area contributed by atoms with E-state index in [9.17, 15) is 18.5 Å². The normalized spacial score (nSPS) is 12.1. The van der Waals surface area contributed by atoms with Crippen LogP contribution in [0.25, 0.3) is 0 Å². The topological polar surface area (TPSA) is 83.8 Å². The van der Waals surface area contributed by atoms with Gasteiger partial charge in [-0.05, 0) is 55.6 Å². The molecule has 0 aliphatic heterocycles. The van der Waals surface area contributed by atoms with Crippen molar-refractivity contribution in [2.75, 3.05) is 26.2 Å². The van der Waals surface area contributed by atoms with Crippen molar-refractivity contribution in [3.63, 3.8) is 0 Å². The Bertz CT molecular complexity index is 908. The molecule has 1 aromatic heterocycles. The molecule has 28 heavy (non-hydrogen) atoms. The Kier molecular flexibility index (Phi) is 7.70. The molecular formula is C19H27N3O4S2. The predicted molar refractivity (Wildman–Crippen MR) is 112 cm³/mol. The van der Waals surface area contributed by atoms with Crippen LogP contribution in [0.3, 0.4) is 0 Å². The zero-order valence-electron chi connectivity index (χ0n) is 16.7. The number of nitro benzene ring substituents is 1. The zero-order chi connectivity index (χ0) is 20.9. The van der Waals surface area contributed by atoms with Crippen molar-refractivity contribution in [3.05, 3.63) is 55.8 Å². The van der Waals surface area contributed by atoms with Gasteiger partial charge in [0.2, 0.25) is 10.0 Å². The molecule has 0 fully saturated rings. The summed E-state index contributed by atoms with van der Waals surface area (Å²) in [4.78, 5) is 13.7. The van der Waals surface area contributed by atoms with Crippen molar-refractivity contribution in [2.24, 2.45) is 0 Å². The van der Waals surface area contributed by atoms with Crippen LogP contribution in [0.2, 0.25) is 0 Å². The van der Waals surface area contributed by atoms with Gasteiger partial charge in [-0.3, -0.25) is 10.1 Å². The lowest BCUT2D eigenvalue weighted by Crippen LogP contribution is -2.38. The highest BCUT2D eigenvalue weighted by Gasteiger charge is 2.32. The lowest BCUT2D eigenvalue weighted by molar-refractivity contribution is -0.387. The molecule has 9 heteroatoms. The third-order valence-electron chi connectivity index (χ3n) is 4.86. The Morgan fingerprint density at radius 2 is 1.75 bits per heavy atom. The number of hydrogen-bond donors (Lipinski definition) is 0. The number of likely N-dealkylation sites (N-methyl/N-ethyl adjacent to an activating group) is 1. The van der Waals surface area contributed by atoms with Crippen LogP contribution in [0.1, 0.15) is 29.9 Å². The van der Waals surface area contributed by atoms with E-state index >= 15 is 0 Å². The van der Waals surface area contributed by atoms with E-state index in [4.69, 9.17) is 0 Å². The van der Waals surface area contributed by atoms with E-state index in [1.807, 2.05) is 31.4 Å². The van der Waals surface area contributed by atoms with Crippen LogP contribution >= 0.6 is 11.3 Å². The van der Waals surface area contributed by atoms with E-state index in [1.165, 1.54) is 27.8 Å². The van der Waals surface area contributed by atoms with E-state index in [0.29, 0.717) is 17.7 Å². The van der Waals surface area contributed by atoms with Gasteiger partial charge in [0.25, 0.3) is 5.69 Å². The summed E-state index contributed by atoms with van der Waals surface area (Å²) in [6.45, 7) is 10.2. The van der Waals surface area contributed by atoms with Crippen LogP contribution in [0.5, 0.6) is 0 Å². The fourth-order valence-corrected chi connectivity index (χ4v) is 5.35. The van der Waals surface area contributed by atoms with Crippen LogP contribution in [-0.2, 0) is 16.6 Å². The molecule has 0 aliphatic carbocycles. The minimum Gasteiger partial charge on any atom is -0.303 e. The van der Waals surface area contributed by atoms with E-state index in [-0.39, 0.29) is 23.7 Å². The van der Waals surface area contributed by atoms with Gasteiger partial charge in [-0.25, -0.2) is 8.42 Å². The first-order chi connectivity index (χ1) is 13.2. The highest BCUT2D eigenvalue weighted by atomic mass is 32.2. The van der Waals surface area contributed by atoms with Crippen LogP contribution in [-0.4, -0.2) is 48.7 Å². The van der Waals surface area contributed by atoms with Crippen LogP contribution < -0.4 is 0 Å². The lowest BCUT2D eigenvalue weighted by Gasteiger charge is -2.25. The van der Waals surface area contributed by atoms with Crippen molar-refractivity contribution in [3.8, 4) is 0 Å². The van der Waals surface area contributed by atoms with Crippen molar-refractivity contribution in [1.82, 2.24) is 9.21 Å². The van der Waals surface area contributed by atoms with Gasteiger partial charge < -0.3 is 4.90 Å². The fourth-order valence-electron chi connectivity index (χ4n) is 2.92. The third kappa shape index (κ3) is 5.16. The highest BCUT2D eigenvalue weighted by Crippen LogP contribution is 2.31. The largest absolute Gasteiger partial charge is 0.303 e. The summed E-state index contributed by atoms with van der Waals surface area (Å²) >= 11 is 1.47. The Labute approximate surface area is 170 Å². The number of nitro groups is 1. The highest BCUT2D eigenvalue weighted by molar-refractivity contribution is 7.89. The number of thiophene rings is 1. The van der Waals surface area contributed by atoms with Crippen molar-refractivity contribution in [1.29, 1.82) is 0 Å². The summed E-state index contributed by atoms with van der Waals surface area (Å²) in [6, 6.07) is 6.50. The fraction of sp³-hybridized carbons (Fsp3) is 0.474. The maximum Gasteiger partial charge on any atom is 0.289 e. The summed E-state index contributed by atoms with van der Waals surface area (Å²) in [5, 5.41) is 13.4. The molecule has 0 spiro atoms. The Balaban J connectivity index is 2.48. The summed E-state index contributed by atoms with van der Waals surface area (Å²) in [5.41, 5.74) is 1.03. The molecule has 0 saturated heterocycles. The number of hydrogen-bond acceptors (Lipinski definition) is 6. The van der Waals surface area contributed by atoms with Gasteiger partial charge in [0, 0.05) is 30.6 Å². The molecular weight excluding hydrogens is 398 g/mol. The molecule has 0 bridgehead atoms. The van der Waals surface area contributed by atoms with Gasteiger partial charge in [-0.2, -0.15) is 4.31 Å². The molecule has 0 saturated carbocycles. The quantitative estimate of drug-likeness (QED) is 0.427. The first-order valence-corrected chi connectivity index (χ1v) is 11.5. The van der Waals surface area contributed by atoms with Gasteiger partial charge in [0.1, 0.15) is 0 Å². The van der Waals surface area contributed by atoms with Gasteiger partial charge in [-0.15, -0.1) is 11.3 Å². The number of nitrogens with zero attached hydrogens (tertiary/aromatic N) is 3. The number of rotatable bonds is 10. The molecule has 0 radical (unpaired) electrons. The van der Waals surface area contributed by atoms with E-state index in [1.54, 1.807) is 13.8 Å². The molecule has 0 N–H and O–H groups in total. The Hall–Kier alpha value is -1.81. The maximum absolute atomic E-state index is 13.4. The minimum absolute atomic E-state index is 0.200. The average Bonchev–Trinajstić information content (AvgIpc) is 3.16. The van der Waals surface area contributed by atoms with Gasteiger partial charge in [0.05, 0.1) is 4.92 Å². The molecule has 0 amide bonds. The molecule has 2 aromatic rings. The standard InChI is InChI=1S/C19H27N3O4S2/c1-5-20(6-2)9-10-21(14-17-8-7-11-27-17)28(25,26)19-13-16(4)15(3)12-18(19)22(23)24/h7-8,11-13H,5-6,9-10,14H2,1-4H3. The molecule has 0 aliphatic rings. The summed E-state index contributed by atoms with van der Waals surface area (Å²) < 4.78 is 28.2. The van der Waals surface area contributed by atoms with E-state index < -0.39 is 14.9 Å². The van der Waals surface area contributed by atoms with Crippen molar-refractivity contribution < 1.29 is 13.3 Å². The Morgan fingerprint density at radius 1 is 1.11 bits per heavy atom. The zero-order valence-corrected chi connectivity index (χ0v) is 18.3. The van der Waals surface area contributed by atoms with Crippen molar-refractivity contribution >= 4 is 27.0 Å². The molecule has 0 atom stereocenters. The summed E-state index contributed by atoms with van der Waals surface area (Å²) in [7, 11) is -4.03. The molecule has 154 valence electrons. The maximum atomic E-state index is 13.4. The summed E-state index contributed by atoms with van der Waals surface area (Å²) in [5.74, 6) is 0. The van der Waals surface area contributed by atoms with Crippen LogP contribution in [0.4, 0.5) is 5.69 Å². The molecule has 0 unspecified atom stereocenters. The molecule has 2 rings (SSSR count). The second-order valence-corrected chi connectivity index (χ2v) is 9.54. The summed E-state index contributed by atoms with van der Waals surface area (Å²) in [6.07, 6.45) is 0. The predicted octanol–water partition coefficient (Wildman–Crippen LogP) is 3.81. The number of aryl methyl sites for hydroxylation is 2. The van der Waals surface area contributed by atoms with E-state index in [0.717, 1.165) is 18.0 Å². The molecule has 7 nitrogen and oxygen atoms in total. The smallest absolute Gasteiger partial charge is 0.289 e. The SMILES string of the molecule is CCN(CC)CCN(Cc1cccs1)S(=O)(=O)c1cc(C)c(C)cc1[N+](=O)[O-]. The van der Waals surface area contributed by atoms with E-state index in [2.05, 4.69) is 4.90 Å². The van der Waals surface area contributed by atoms with Gasteiger partial charge in [0.15, 0.2) is 4.90 Å². The second kappa shape index (κ2) is 9.60. The van der Waals surface area contributed by atoms with Gasteiger partial charge in [-0.1, -0.05) is 19.9 Å². The number of benzene rings is 1. The monoisotopic (exact) mass is 425 g/mol.